The van der Waals surface area contributed by atoms with E-state index < -0.39 is 0 Å². The molecule has 0 atom stereocenters. The summed E-state index contributed by atoms with van der Waals surface area (Å²) in [6.07, 6.45) is 0. The number of nitrogens with zero attached hydrogens (tertiary/aromatic N) is 2. The first-order chi connectivity index (χ1) is 10.9. The van der Waals surface area contributed by atoms with Crippen molar-refractivity contribution in [2.75, 3.05) is 16.8 Å². The van der Waals surface area contributed by atoms with Crippen LogP contribution in [0.4, 0.5) is 5.69 Å². The minimum absolute atomic E-state index is 0.0499. The maximum Gasteiger partial charge on any atom is 0.234 e. The van der Waals surface area contributed by atoms with Crippen LogP contribution in [-0.4, -0.2) is 27.6 Å². The number of nitrogens with one attached hydrogen (secondary N) is 1. The molecular weight excluding hydrogens is 414 g/mol. The van der Waals surface area contributed by atoms with E-state index in [2.05, 4.69) is 45.3 Å². The fraction of sp³-hybridized carbons (Fsp3) is 0.400. The van der Waals surface area contributed by atoms with Gasteiger partial charge < -0.3 is 5.32 Å². The van der Waals surface area contributed by atoms with Crippen LogP contribution in [0.2, 0.25) is 0 Å². The molecule has 2 rings (SSSR count). The zero-order valence-corrected chi connectivity index (χ0v) is 17.2. The highest BCUT2D eigenvalue weighted by atomic mass is 79.9. The fourth-order valence-electron chi connectivity index (χ4n) is 1.59. The Labute approximate surface area is 157 Å². The van der Waals surface area contributed by atoms with E-state index in [1.54, 1.807) is 23.1 Å². The van der Waals surface area contributed by atoms with Crippen LogP contribution in [0.3, 0.4) is 0 Å². The number of hydrogen-bond donors (Lipinski definition) is 1. The highest BCUT2D eigenvalue weighted by molar-refractivity contribution is 9.10. The molecular formula is C15H18BrN3OS3. The number of hydrogen-bond acceptors (Lipinski definition) is 6. The van der Waals surface area contributed by atoms with Crippen LogP contribution in [0.1, 0.15) is 19.4 Å². The van der Waals surface area contributed by atoms with Crippen molar-refractivity contribution >= 4 is 62.4 Å². The minimum atomic E-state index is -0.0499. The number of thioether (sulfide) groups is 2. The predicted octanol–water partition coefficient (Wildman–Crippen LogP) is 5.09. The van der Waals surface area contributed by atoms with Gasteiger partial charge in [0.2, 0.25) is 5.91 Å². The Balaban J connectivity index is 1.82. The number of anilines is 1. The van der Waals surface area contributed by atoms with Crippen molar-refractivity contribution < 1.29 is 4.79 Å². The third-order valence-electron chi connectivity index (χ3n) is 2.65. The van der Waals surface area contributed by atoms with Crippen molar-refractivity contribution in [2.24, 2.45) is 5.92 Å². The third-order valence-corrected chi connectivity index (χ3v) is 6.93. The summed E-state index contributed by atoms with van der Waals surface area (Å²) in [6.45, 7) is 6.37. The number of aromatic nitrogens is 2. The van der Waals surface area contributed by atoms with Gasteiger partial charge in [0.05, 0.1) is 11.4 Å². The Morgan fingerprint density at radius 2 is 2.00 bits per heavy atom. The second-order valence-corrected chi connectivity index (χ2v) is 9.68. The molecule has 124 valence electrons. The third kappa shape index (κ3) is 6.45. The molecule has 0 saturated heterocycles. The molecule has 0 bridgehead atoms. The number of benzene rings is 1. The van der Waals surface area contributed by atoms with Gasteiger partial charge in [0.15, 0.2) is 8.68 Å². The van der Waals surface area contributed by atoms with Gasteiger partial charge in [0.25, 0.3) is 0 Å². The molecule has 0 aliphatic rings. The van der Waals surface area contributed by atoms with Crippen LogP contribution in [0.15, 0.2) is 31.4 Å². The van der Waals surface area contributed by atoms with Crippen molar-refractivity contribution in [1.29, 1.82) is 0 Å². The number of rotatable bonds is 7. The first-order valence-corrected chi connectivity index (χ1v) is 10.7. The molecule has 2 aromatic rings. The molecule has 0 saturated carbocycles. The zero-order valence-electron chi connectivity index (χ0n) is 13.1. The molecule has 1 aromatic carbocycles. The van der Waals surface area contributed by atoms with E-state index in [1.807, 2.05) is 25.1 Å². The quantitative estimate of drug-likeness (QED) is 0.618. The number of carbonyl (C=O) groups excluding carboxylic acids is 1. The molecule has 0 unspecified atom stereocenters. The molecule has 1 heterocycles. The summed E-state index contributed by atoms with van der Waals surface area (Å²) in [4.78, 5) is 12.0. The van der Waals surface area contributed by atoms with Crippen molar-refractivity contribution in [3.8, 4) is 0 Å². The fourth-order valence-corrected chi connectivity index (χ4v) is 4.98. The molecule has 0 fully saturated rings. The van der Waals surface area contributed by atoms with Crippen molar-refractivity contribution in [3.63, 3.8) is 0 Å². The van der Waals surface area contributed by atoms with E-state index in [4.69, 9.17) is 0 Å². The Morgan fingerprint density at radius 1 is 1.30 bits per heavy atom. The standard InChI is InChI=1S/C15H18BrN3OS3/c1-9(2)7-21-14-18-19-15(23-14)22-8-13(20)17-12-5-4-10(3)6-11(12)16/h4-6,9H,7-8H2,1-3H3,(H,17,20). The highest BCUT2D eigenvalue weighted by Gasteiger charge is 2.10. The van der Waals surface area contributed by atoms with Gasteiger partial charge in [-0.25, -0.2) is 0 Å². The lowest BCUT2D eigenvalue weighted by Gasteiger charge is -2.07. The van der Waals surface area contributed by atoms with Gasteiger partial charge in [-0.1, -0.05) is 54.8 Å². The van der Waals surface area contributed by atoms with E-state index >= 15 is 0 Å². The molecule has 0 aliphatic heterocycles. The Morgan fingerprint density at radius 3 is 2.65 bits per heavy atom. The molecule has 1 aromatic heterocycles. The van der Waals surface area contributed by atoms with E-state index in [9.17, 15) is 4.79 Å². The summed E-state index contributed by atoms with van der Waals surface area (Å²) in [7, 11) is 0. The van der Waals surface area contributed by atoms with E-state index in [0.717, 1.165) is 30.2 Å². The smallest absolute Gasteiger partial charge is 0.234 e. The second kappa shape index (κ2) is 9.05. The lowest BCUT2D eigenvalue weighted by Crippen LogP contribution is -2.14. The molecule has 0 radical (unpaired) electrons. The predicted molar refractivity (Wildman–Crippen MR) is 104 cm³/mol. The zero-order chi connectivity index (χ0) is 16.8. The van der Waals surface area contributed by atoms with Crippen LogP contribution >= 0.6 is 50.8 Å². The van der Waals surface area contributed by atoms with Gasteiger partial charge >= 0.3 is 0 Å². The van der Waals surface area contributed by atoms with Crippen molar-refractivity contribution in [3.05, 3.63) is 28.2 Å². The van der Waals surface area contributed by atoms with Crippen LogP contribution in [-0.2, 0) is 4.79 Å². The van der Waals surface area contributed by atoms with Gasteiger partial charge in [-0.15, -0.1) is 10.2 Å². The lowest BCUT2D eigenvalue weighted by atomic mass is 10.2. The second-order valence-electron chi connectivity index (χ2n) is 5.36. The highest BCUT2D eigenvalue weighted by Crippen LogP contribution is 2.30. The Bertz CT molecular complexity index is 676. The van der Waals surface area contributed by atoms with Gasteiger partial charge in [0.1, 0.15) is 0 Å². The average Bonchev–Trinajstić information content (AvgIpc) is 2.94. The number of halogens is 1. The average molecular weight is 432 g/mol. The number of aryl methyl sites for hydroxylation is 1. The van der Waals surface area contributed by atoms with Gasteiger partial charge in [0, 0.05) is 10.2 Å². The van der Waals surface area contributed by atoms with E-state index in [0.29, 0.717) is 11.7 Å². The van der Waals surface area contributed by atoms with Crippen LogP contribution in [0.25, 0.3) is 0 Å². The largest absolute Gasteiger partial charge is 0.324 e. The molecule has 4 nitrogen and oxygen atoms in total. The van der Waals surface area contributed by atoms with Crippen LogP contribution < -0.4 is 5.32 Å². The van der Waals surface area contributed by atoms with Gasteiger partial charge in [-0.05, 0) is 46.5 Å². The maximum atomic E-state index is 12.0. The SMILES string of the molecule is Cc1ccc(NC(=O)CSc2nnc(SCC(C)C)s2)c(Br)c1. The first kappa shape index (κ1) is 18.8. The van der Waals surface area contributed by atoms with E-state index in [1.165, 1.54) is 11.8 Å². The summed E-state index contributed by atoms with van der Waals surface area (Å²) in [6, 6.07) is 5.84. The molecule has 0 aliphatic carbocycles. The van der Waals surface area contributed by atoms with Crippen LogP contribution in [0.5, 0.6) is 0 Å². The molecule has 0 spiro atoms. The lowest BCUT2D eigenvalue weighted by molar-refractivity contribution is -0.113. The monoisotopic (exact) mass is 431 g/mol. The van der Waals surface area contributed by atoms with Gasteiger partial charge in [-0.2, -0.15) is 0 Å². The topological polar surface area (TPSA) is 54.9 Å². The summed E-state index contributed by atoms with van der Waals surface area (Å²) in [5, 5.41) is 11.2. The van der Waals surface area contributed by atoms with E-state index in [-0.39, 0.29) is 5.91 Å². The first-order valence-electron chi connectivity index (χ1n) is 7.09. The summed E-state index contributed by atoms with van der Waals surface area (Å²) in [5.41, 5.74) is 1.93. The molecule has 8 heteroatoms. The Hall–Kier alpha value is -0.570. The van der Waals surface area contributed by atoms with Gasteiger partial charge in [-0.3, -0.25) is 4.79 Å². The summed E-state index contributed by atoms with van der Waals surface area (Å²) >= 11 is 8.13. The Kier molecular flexibility index (Phi) is 7.39. The molecule has 1 amide bonds. The number of carbonyl (C=O) groups is 1. The minimum Gasteiger partial charge on any atom is -0.324 e. The van der Waals surface area contributed by atoms with Crippen molar-refractivity contribution in [2.45, 2.75) is 29.5 Å². The van der Waals surface area contributed by atoms with Crippen molar-refractivity contribution in [1.82, 2.24) is 10.2 Å². The normalized spacial score (nSPS) is 11.0. The molecule has 1 N–H and O–H groups in total. The maximum absolute atomic E-state index is 12.0. The summed E-state index contributed by atoms with van der Waals surface area (Å²) in [5.74, 6) is 1.93. The van der Waals surface area contributed by atoms with Crippen LogP contribution in [0, 0.1) is 12.8 Å². The number of amides is 1. The molecule has 23 heavy (non-hydrogen) atoms. The summed E-state index contributed by atoms with van der Waals surface area (Å²) < 4.78 is 2.68.